The van der Waals surface area contributed by atoms with E-state index in [0.29, 0.717) is 18.3 Å². The van der Waals surface area contributed by atoms with Gasteiger partial charge >= 0.3 is 0 Å². The largest absolute Gasteiger partial charge is 0.359 e. The molecule has 0 aliphatic carbocycles. The lowest BCUT2D eigenvalue weighted by atomic mass is 10.2. The lowest BCUT2D eigenvalue weighted by Crippen LogP contribution is -2.48. The molecule has 1 aliphatic heterocycles. The SMILES string of the molecule is CCC(C)N1CCN(Cc2cc(C(=O)NN)no2)CC1. The van der Waals surface area contributed by atoms with E-state index in [1.807, 2.05) is 5.43 Å². The molecule has 0 saturated carbocycles. The summed E-state index contributed by atoms with van der Waals surface area (Å²) < 4.78 is 5.16. The smallest absolute Gasteiger partial charge is 0.287 e. The predicted molar refractivity (Wildman–Crippen MR) is 74.8 cm³/mol. The maximum absolute atomic E-state index is 11.3. The molecular formula is C13H23N5O2. The van der Waals surface area contributed by atoms with Crippen LogP contribution in [-0.4, -0.2) is 53.1 Å². The molecule has 0 bridgehead atoms. The number of hydrogen-bond acceptors (Lipinski definition) is 6. The fraction of sp³-hybridized carbons (Fsp3) is 0.692. The van der Waals surface area contributed by atoms with Crippen molar-refractivity contribution in [2.75, 3.05) is 26.2 Å². The molecule has 1 aromatic heterocycles. The van der Waals surface area contributed by atoms with Crippen molar-refractivity contribution < 1.29 is 9.32 Å². The van der Waals surface area contributed by atoms with Gasteiger partial charge in [0.25, 0.3) is 5.91 Å². The number of piperazine rings is 1. The van der Waals surface area contributed by atoms with Gasteiger partial charge in [0.1, 0.15) is 0 Å². The van der Waals surface area contributed by atoms with Crippen LogP contribution in [0.25, 0.3) is 0 Å². The average Bonchev–Trinajstić information content (AvgIpc) is 2.95. The Hall–Kier alpha value is -1.44. The summed E-state index contributed by atoms with van der Waals surface area (Å²) in [7, 11) is 0. The van der Waals surface area contributed by atoms with Crippen LogP contribution in [0.5, 0.6) is 0 Å². The minimum Gasteiger partial charge on any atom is -0.359 e. The van der Waals surface area contributed by atoms with E-state index in [1.54, 1.807) is 6.07 Å². The third kappa shape index (κ3) is 3.56. The lowest BCUT2D eigenvalue weighted by molar-refractivity contribution is 0.0901. The number of amides is 1. The van der Waals surface area contributed by atoms with Crippen molar-refractivity contribution >= 4 is 5.91 Å². The fourth-order valence-corrected chi connectivity index (χ4v) is 2.41. The van der Waals surface area contributed by atoms with Crippen molar-refractivity contribution in [2.24, 2.45) is 5.84 Å². The number of hydrogen-bond donors (Lipinski definition) is 2. The minimum absolute atomic E-state index is 0.223. The number of hydrazine groups is 1. The Kier molecular flexibility index (Phi) is 5.11. The molecule has 1 unspecified atom stereocenters. The van der Waals surface area contributed by atoms with Crippen LogP contribution in [-0.2, 0) is 6.54 Å². The molecule has 1 aliphatic rings. The third-order valence-electron chi connectivity index (χ3n) is 3.92. The van der Waals surface area contributed by atoms with Crippen molar-refractivity contribution in [3.8, 4) is 0 Å². The maximum Gasteiger partial charge on any atom is 0.287 e. The van der Waals surface area contributed by atoms with Gasteiger partial charge in [0.15, 0.2) is 11.5 Å². The van der Waals surface area contributed by atoms with Crippen LogP contribution in [0, 0.1) is 0 Å². The summed E-state index contributed by atoms with van der Waals surface area (Å²) in [6.45, 7) is 9.31. The average molecular weight is 281 g/mol. The highest BCUT2D eigenvalue weighted by molar-refractivity contribution is 5.91. The van der Waals surface area contributed by atoms with Gasteiger partial charge in [-0.25, -0.2) is 5.84 Å². The minimum atomic E-state index is -0.429. The standard InChI is InChI=1S/C13H23N5O2/c1-3-10(2)18-6-4-17(5-7-18)9-11-8-12(16-20-11)13(19)15-14/h8,10H,3-7,9,14H2,1-2H3,(H,15,19). The predicted octanol–water partition coefficient (Wildman–Crippen LogP) is 0.194. The van der Waals surface area contributed by atoms with Gasteiger partial charge in [0.2, 0.25) is 0 Å². The first-order valence-electron chi connectivity index (χ1n) is 7.07. The zero-order valence-electron chi connectivity index (χ0n) is 12.1. The molecule has 3 N–H and O–H groups in total. The Balaban J connectivity index is 1.83. The number of nitrogens with zero attached hydrogens (tertiary/aromatic N) is 3. The topological polar surface area (TPSA) is 87.6 Å². The molecule has 0 spiro atoms. The van der Waals surface area contributed by atoms with Gasteiger partial charge in [-0.15, -0.1) is 0 Å². The fourth-order valence-electron chi connectivity index (χ4n) is 2.41. The number of nitrogens with one attached hydrogen (secondary N) is 1. The molecule has 7 nitrogen and oxygen atoms in total. The van der Waals surface area contributed by atoms with E-state index >= 15 is 0 Å². The van der Waals surface area contributed by atoms with E-state index in [-0.39, 0.29) is 5.69 Å². The van der Waals surface area contributed by atoms with Crippen LogP contribution in [0.1, 0.15) is 36.5 Å². The molecule has 0 radical (unpaired) electrons. The molecule has 20 heavy (non-hydrogen) atoms. The Bertz CT molecular complexity index is 440. The quantitative estimate of drug-likeness (QED) is 0.455. The van der Waals surface area contributed by atoms with Crippen LogP contribution in [0.3, 0.4) is 0 Å². The number of rotatable bonds is 5. The van der Waals surface area contributed by atoms with Gasteiger partial charge in [-0.3, -0.25) is 20.0 Å². The molecule has 7 heteroatoms. The van der Waals surface area contributed by atoms with Gasteiger partial charge in [0.05, 0.1) is 6.54 Å². The molecular weight excluding hydrogens is 258 g/mol. The molecule has 1 aromatic rings. The summed E-state index contributed by atoms with van der Waals surface area (Å²) >= 11 is 0. The van der Waals surface area contributed by atoms with Crippen molar-refractivity contribution in [2.45, 2.75) is 32.9 Å². The summed E-state index contributed by atoms with van der Waals surface area (Å²) in [4.78, 5) is 16.1. The highest BCUT2D eigenvalue weighted by Crippen LogP contribution is 2.12. The molecule has 0 aromatic carbocycles. The molecule has 112 valence electrons. The molecule has 1 fully saturated rings. The monoisotopic (exact) mass is 281 g/mol. The zero-order chi connectivity index (χ0) is 14.5. The van der Waals surface area contributed by atoms with Crippen molar-refractivity contribution in [1.82, 2.24) is 20.4 Å². The first-order chi connectivity index (χ1) is 9.63. The molecule has 1 atom stereocenters. The normalized spacial score (nSPS) is 18.9. The first kappa shape index (κ1) is 15.0. The van der Waals surface area contributed by atoms with Gasteiger partial charge in [0, 0.05) is 38.3 Å². The van der Waals surface area contributed by atoms with Crippen LogP contribution in [0.15, 0.2) is 10.6 Å². The number of carbonyl (C=O) groups is 1. The second-order valence-electron chi connectivity index (χ2n) is 5.22. The van der Waals surface area contributed by atoms with E-state index in [9.17, 15) is 4.79 Å². The van der Waals surface area contributed by atoms with E-state index in [4.69, 9.17) is 10.4 Å². The Morgan fingerprint density at radius 1 is 1.50 bits per heavy atom. The summed E-state index contributed by atoms with van der Waals surface area (Å²) in [6.07, 6.45) is 1.18. The number of aromatic nitrogens is 1. The number of nitrogens with two attached hydrogens (primary N) is 1. The molecule has 2 rings (SSSR count). The van der Waals surface area contributed by atoms with Crippen LogP contribution in [0.4, 0.5) is 0 Å². The highest BCUT2D eigenvalue weighted by atomic mass is 16.5. The van der Waals surface area contributed by atoms with Crippen molar-refractivity contribution in [3.05, 3.63) is 17.5 Å². The summed E-state index contributed by atoms with van der Waals surface area (Å²) in [5, 5.41) is 3.70. The Morgan fingerprint density at radius 2 is 2.20 bits per heavy atom. The van der Waals surface area contributed by atoms with Gasteiger partial charge < -0.3 is 4.52 Å². The molecule has 2 heterocycles. The van der Waals surface area contributed by atoms with Crippen LogP contribution in [0.2, 0.25) is 0 Å². The van der Waals surface area contributed by atoms with E-state index in [1.165, 1.54) is 6.42 Å². The van der Waals surface area contributed by atoms with E-state index in [0.717, 1.165) is 26.2 Å². The summed E-state index contributed by atoms with van der Waals surface area (Å²) in [6, 6.07) is 2.28. The summed E-state index contributed by atoms with van der Waals surface area (Å²) in [5.74, 6) is 5.32. The second kappa shape index (κ2) is 6.83. The Labute approximate surface area is 119 Å². The van der Waals surface area contributed by atoms with E-state index in [2.05, 4.69) is 28.8 Å². The van der Waals surface area contributed by atoms with Crippen LogP contribution >= 0.6 is 0 Å². The van der Waals surface area contributed by atoms with E-state index < -0.39 is 5.91 Å². The van der Waals surface area contributed by atoms with Crippen molar-refractivity contribution in [3.63, 3.8) is 0 Å². The van der Waals surface area contributed by atoms with Crippen LogP contribution < -0.4 is 11.3 Å². The highest BCUT2D eigenvalue weighted by Gasteiger charge is 2.21. The number of carbonyl (C=O) groups excluding carboxylic acids is 1. The third-order valence-corrected chi connectivity index (χ3v) is 3.92. The molecule has 1 amide bonds. The molecule has 1 saturated heterocycles. The Morgan fingerprint density at radius 3 is 2.80 bits per heavy atom. The maximum atomic E-state index is 11.3. The first-order valence-corrected chi connectivity index (χ1v) is 7.07. The van der Waals surface area contributed by atoms with Gasteiger partial charge in [-0.2, -0.15) is 0 Å². The summed E-state index contributed by atoms with van der Waals surface area (Å²) in [5.41, 5.74) is 2.26. The van der Waals surface area contributed by atoms with Crippen molar-refractivity contribution in [1.29, 1.82) is 0 Å². The van der Waals surface area contributed by atoms with Gasteiger partial charge in [-0.05, 0) is 13.3 Å². The zero-order valence-corrected chi connectivity index (χ0v) is 12.1. The second-order valence-corrected chi connectivity index (χ2v) is 5.22. The van der Waals surface area contributed by atoms with Gasteiger partial charge in [-0.1, -0.05) is 12.1 Å². The number of nitrogen functional groups attached to an aromatic ring is 1. The lowest BCUT2D eigenvalue weighted by Gasteiger charge is -2.37.